The van der Waals surface area contributed by atoms with Crippen LogP contribution in [0.15, 0.2) is 12.3 Å². The first-order valence-corrected chi connectivity index (χ1v) is 8.61. The average Bonchev–Trinajstić information content (AvgIpc) is 3.03. The molecule has 21 heavy (non-hydrogen) atoms. The first kappa shape index (κ1) is 15.0. The van der Waals surface area contributed by atoms with E-state index in [9.17, 15) is 0 Å². The number of aromatic nitrogens is 2. The summed E-state index contributed by atoms with van der Waals surface area (Å²) in [6.45, 7) is 0.965. The van der Waals surface area contributed by atoms with Gasteiger partial charge >= 0.3 is 0 Å². The molecule has 0 unspecified atom stereocenters. The van der Waals surface area contributed by atoms with E-state index in [1.165, 1.54) is 32.1 Å². The highest BCUT2D eigenvalue weighted by molar-refractivity contribution is 4.98. The van der Waals surface area contributed by atoms with E-state index in [2.05, 4.69) is 16.9 Å². The second-order valence-electron chi connectivity index (χ2n) is 6.72. The lowest BCUT2D eigenvalue weighted by Crippen LogP contribution is -2.23. The molecular formula is C17H28N2O2. The highest BCUT2D eigenvalue weighted by atomic mass is 16.5. The van der Waals surface area contributed by atoms with Crippen LogP contribution in [0.5, 0.6) is 0 Å². The molecule has 2 aliphatic rings. The number of hydrogen-bond acceptors (Lipinski definition) is 3. The summed E-state index contributed by atoms with van der Waals surface area (Å²) in [5.74, 6) is 0.496. The van der Waals surface area contributed by atoms with E-state index >= 15 is 0 Å². The van der Waals surface area contributed by atoms with E-state index in [1.54, 1.807) is 0 Å². The van der Waals surface area contributed by atoms with Crippen LogP contribution in [0.25, 0.3) is 0 Å². The van der Waals surface area contributed by atoms with Crippen LogP contribution >= 0.6 is 0 Å². The molecule has 1 aromatic heterocycles. The fourth-order valence-electron chi connectivity index (χ4n) is 3.69. The first-order chi connectivity index (χ1) is 10.3. The molecule has 0 atom stereocenters. The van der Waals surface area contributed by atoms with Crippen molar-refractivity contribution < 1.29 is 9.84 Å². The lowest BCUT2D eigenvalue weighted by atomic mass is 9.88. The predicted octanol–water partition coefficient (Wildman–Crippen LogP) is 3.46. The monoisotopic (exact) mass is 292 g/mol. The number of ether oxygens (including phenoxy) is 1. The zero-order valence-electron chi connectivity index (χ0n) is 12.9. The summed E-state index contributed by atoms with van der Waals surface area (Å²) in [4.78, 5) is 0. The highest BCUT2D eigenvalue weighted by Crippen LogP contribution is 2.28. The van der Waals surface area contributed by atoms with Crippen LogP contribution < -0.4 is 0 Å². The van der Waals surface area contributed by atoms with Gasteiger partial charge in [-0.25, -0.2) is 0 Å². The molecule has 118 valence electrons. The van der Waals surface area contributed by atoms with Gasteiger partial charge in [-0.15, -0.1) is 0 Å². The van der Waals surface area contributed by atoms with E-state index in [4.69, 9.17) is 14.9 Å². The molecule has 2 saturated carbocycles. The van der Waals surface area contributed by atoms with Gasteiger partial charge in [0.25, 0.3) is 0 Å². The normalized spacial score (nSPS) is 27.9. The minimum absolute atomic E-state index is 0.332. The maximum atomic E-state index is 9.16. The van der Waals surface area contributed by atoms with Crippen molar-refractivity contribution >= 4 is 0 Å². The standard InChI is InChI=1S/C17H28N2O2/c20-12-14-6-8-17(9-7-14)21-13-15-10-11-19(18-15)16-4-2-1-3-5-16/h10-11,14,16-17,20H,1-9,12-13H2. The van der Waals surface area contributed by atoms with Crippen molar-refractivity contribution in [1.82, 2.24) is 9.78 Å². The third-order valence-corrected chi connectivity index (χ3v) is 5.13. The number of aliphatic hydroxyl groups is 1. The molecule has 2 fully saturated rings. The Morgan fingerprint density at radius 1 is 1.10 bits per heavy atom. The Bertz CT molecular complexity index is 418. The number of hydrogen-bond donors (Lipinski definition) is 1. The molecule has 1 heterocycles. The molecule has 0 radical (unpaired) electrons. The Balaban J connectivity index is 1.44. The Morgan fingerprint density at radius 2 is 1.86 bits per heavy atom. The van der Waals surface area contributed by atoms with Crippen LogP contribution in [0.1, 0.15) is 69.5 Å². The SMILES string of the molecule is OCC1CCC(OCc2ccn(C3CCCCC3)n2)CC1. The molecule has 1 aromatic rings. The third kappa shape index (κ3) is 4.07. The third-order valence-electron chi connectivity index (χ3n) is 5.13. The van der Waals surface area contributed by atoms with E-state index in [0.717, 1.165) is 31.4 Å². The summed E-state index contributed by atoms with van der Waals surface area (Å²) in [5.41, 5.74) is 1.06. The molecule has 4 heteroatoms. The maximum Gasteiger partial charge on any atom is 0.0910 e. The van der Waals surface area contributed by atoms with Gasteiger partial charge in [-0.3, -0.25) is 4.68 Å². The lowest BCUT2D eigenvalue weighted by Gasteiger charge is -2.27. The van der Waals surface area contributed by atoms with Crippen LogP contribution in [0, 0.1) is 5.92 Å². The van der Waals surface area contributed by atoms with Gasteiger partial charge in [-0.1, -0.05) is 19.3 Å². The van der Waals surface area contributed by atoms with Crippen molar-refractivity contribution in [3.63, 3.8) is 0 Å². The van der Waals surface area contributed by atoms with Gasteiger partial charge in [0.15, 0.2) is 0 Å². The fourth-order valence-corrected chi connectivity index (χ4v) is 3.69. The quantitative estimate of drug-likeness (QED) is 0.904. The molecule has 0 aliphatic heterocycles. The number of rotatable bonds is 5. The van der Waals surface area contributed by atoms with Gasteiger partial charge in [-0.05, 0) is 50.5 Å². The van der Waals surface area contributed by atoms with Crippen molar-refractivity contribution in [1.29, 1.82) is 0 Å². The molecule has 3 rings (SSSR count). The lowest BCUT2D eigenvalue weighted by molar-refractivity contribution is -0.000427. The summed E-state index contributed by atoms with van der Waals surface area (Å²) in [6, 6.07) is 2.71. The second-order valence-corrected chi connectivity index (χ2v) is 6.72. The fraction of sp³-hybridized carbons (Fsp3) is 0.824. The van der Waals surface area contributed by atoms with Gasteiger partial charge in [-0.2, -0.15) is 5.10 Å². The summed E-state index contributed by atoms with van der Waals surface area (Å²) in [5, 5.41) is 13.9. The van der Waals surface area contributed by atoms with E-state index in [0.29, 0.717) is 31.3 Å². The maximum absolute atomic E-state index is 9.16. The topological polar surface area (TPSA) is 47.3 Å². The van der Waals surface area contributed by atoms with Crippen LogP contribution in [-0.4, -0.2) is 27.6 Å². The van der Waals surface area contributed by atoms with Crippen molar-refractivity contribution in [3.8, 4) is 0 Å². The molecule has 0 aromatic carbocycles. The zero-order valence-corrected chi connectivity index (χ0v) is 12.9. The molecule has 0 bridgehead atoms. The average molecular weight is 292 g/mol. The molecule has 0 saturated heterocycles. The Hall–Kier alpha value is -0.870. The van der Waals surface area contributed by atoms with Gasteiger partial charge in [0.1, 0.15) is 0 Å². The van der Waals surface area contributed by atoms with Crippen molar-refractivity contribution in [2.75, 3.05) is 6.61 Å². The van der Waals surface area contributed by atoms with E-state index in [1.807, 2.05) is 0 Å². The second kappa shape index (κ2) is 7.41. The van der Waals surface area contributed by atoms with E-state index < -0.39 is 0 Å². The zero-order chi connectivity index (χ0) is 14.5. The van der Waals surface area contributed by atoms with Crippen LogP contribution in [0.4, 0.5) is 0 Å². The van der Waals surface area contributed by atoms with E-state index in [-0.39, 0.29) is 0 Å². The smallest absolute Gasteiger partial charge is 0.0910 e. The minimum Gasteiger partial charge on any atom is -0.396 e. The molecular weight excluding hydrogens is 264 g/mol. The highest BCUT2D eigenvalue weighted by Gasteiger charge is 2.21. The van der Waals surface area contributed by atoms with Crippen molar-refractivity contribution in [3.05, 3.63) is 18.0 Å². The summed E-state index contributed by atoms with van der Waals surface area (Å²) >= 11 is 0. The van der Waals surface area contributed by atoms with Gasteiger partial charge in [0.2, 0.25) is 0 Å². The largest absolute Gasteiger partial charge is 0.396 e. The van der Waals surface area contributed by atoms with Crippen molar-refractivity contribution in [2.24, 2.45) is 5.92 Å². The number of aliphatic hydroxyl groups excluding tert-OH is 1. The molecule has 2 aliphatic carbocycles. The summed E-state index contributed by atoms with van der Waals surface area (Å²) < 4.78 is 8.16. The Morgan fingerprint density at radius 3 is 2.57 bits per heavy atom. The van der Waals surface area contributed by atoms with Gasteiger partial charge < -0.3 is 9.84 Å². The summed E-state index contributed by atoms with van der Waals surface area (Å²) in [7, 11) is 0. The number of nitrogens with zero attached hydrogens (tertiary/aromatic N) is 2. The molecule has 0 amide bonds. The van der Waals surface area contributed by atoms with Gasteiger partial charge in [0.05, 0.1) is 24.4 Å². The van der Waals surface area contributed by atoms with Crippen molar-refractivity contribution in [2.45, 2.75) is 76.5 Å². The Labute approximate surface area is 127 Å². The van der Waals surface area contributed by atoms with Gasteiger partial charge in [0, 0.05) is 12.8 Å². The molecule has 0 spiro atoms. The molecule has 4 nitrogen and oxygen atoms in total. The molecule has 1 N–H and O–H groups in total. The Kier molecular flexibility index (Phi) is 5.31. The minimum atomic E-state index is 0.332. The van der Waals surface area contributed by atoms with Crippen LogP contribution in [0.3, 0.4) is 0 Å². The first-order valence-electron chi connectivity index (χ1n) is 8.61. The van der Waals surface area contributed by atoms with Crippen LogP contribution in [0.2, 0.25) is 0 Å². The predicted molar refractivity (Wildman–Crippen MR) is 82.0 cm³/mol. The summed E-state index contributed by atoms with van der Waals surface area (Å²) in [6.07, 6.45) is 13.4. The van der Waals surface area contributed by atoms with Crippen LogP contribution in [-0.2, 0) is 11.3 Å².